The lowest BCUT2D eigenvalue weighted by Gasteiger charge is -2.15. The Morgan fingerprint density at radius 3 is 2.50 bits per heavy atom. The summed E-state index contributed by atoms with van der Waals surface area (Å²) < 4.78 is 0. The molecule has 2 heterocycles. The Morgan fingerprint density at radius 1 is 1.10 bits per heavy atom. The van der Waals surface area contributed by atoms with Crippen molar-refractivity contribution in [2.45, 2.75) is 12.5 Å². The predicted molar refractivity (Wildman–Crippen MR) is 113 cm³/mol. The van der Waals surface area contributed by atoms with Gasteiger partial charge < -0.3 is 21.1 Å². The smallest absolute Gasteiger partial charge is 0.278 e. The van der Waals surface area contributed by atoms with Crippen LogP contribution in [0.25, 0.3) is 11.3 Å². The van der Waals surface area contributed by atoms with Crippen molar-refractivity contribution in [2.75, 3.05) is 24.1 Å². The molecule has 8 heteroatoms. The van der Waals surface area contributed by atoms with Crippen molar-refractivity contribution in [3.05, 3.63) is 72.1 Å². The zero-order valence-corrected chi connectivity index (χ0v) is 16.2. The highest BCUT2D eigenvalue weighted by Gasteiger charge is 2.25. The lowest BCUT2D eigenvalue weighted by atomic mass is 10.1. The first-order chi connectivity index (χ1) is 14.5. The Bertz CT molecular complexity index is 1070. The molecule has 30 heavy (non-hydrogen) atoms. The SMILES string of the molecule is Nc1ncc(-c2ccc(C(=O)N3CCC(O)C3)cc2)nc1C(=O)Nc1ccccc1. The number of nitrogens with two attached hydrogens (primary N) is 1. The molecule has 1 fully saturated rings. The van der Waals surface area contributed by atoms with Gasteiger partial charge in [-0.2, -0.15) is 0 Å². The topological polar surface area (TPSA) is 121 Å². The minimum absolute atomic E-state index is 0.0301. The van der Waals surface area contributed by atoms with Crippen molar-refractivity contribution in [3.8, 4) is 11.3 Å². The molecule has 3 aromatic rings. The zero-order chi connectivity index (χ0) is 21.1. The van der Waals surface area contributed by atoms with Crippen LogP contribution in [0.3, 0.4) is 0 Å². The maximum absolute atomic E-state index is 12.6. The Kier molecular flexibility index (Phi) is 5.40. The largest absolute Gasteiger partial charge is 0.391 e. The molecule has 0 saturated carbocycles. The van der Waals surface area contributed by atoms with Crippen molar-refractivity contribution in [1.29, 1.82) is 0 Å². The van der Waals surface area contributed by atoms with Gasteiger partial charge >= 0.3 is 0 Å². The molecule has 1 unspecified atom stereocenters. The number of rotatable bonds is 4. The van der Waals surface area contributed by atoms with Crippen LogP contribution in [-0.4, -0.2) is 51.0 Å². The molecule has 0 aliphatic carbocycles. The number of aliphatic hydroxyl groups excluding tert-OH is 1. The van der Waals surface area contributed by atoms with Gasteiger partial charge in [-0.05, 0) is 30.7 Å². The summed E-state index contributed by atoms with van der Waals surface area (Å²) in [6.45, 7) is 0.898. The van der Waals surface area contributed by atoms with Crippen LogP contribution in [-0.2, 0) is 0 Å². The van der Waals surface area contributed by atoms with Crippen LogP contribution in [0.5, 0.6) is 0 Å². The fourth-order valence-corrected chi connectivity index (χ4v) is 3.31. The van der Waals surface area contributed by atoms with Crippen LogP contribution in [0, 0.1) is 0 Å². The number of benzene rings is 2. The first-order valence-electron chi connectivity index (χ1n) is 9.58. The van der Waals surface area contributed by atoms with Gasteiger partial charge in [0.25, 0.3) is 11.8 Å². The zero-order valence-electron chi connectivity index (χ0n) is 16.2. The third kappa shape index (κ3) is 4.13. The number of hydrogen-bond donors (Lipinski definition) is 3. The van der Waals surface area contributed by atoms with Gasteiger partial charge in [0.05, 0.1) is 18.0 Å². The number of nitrogen functional groups attached to an aromatic ring is 1. The molecule has 4 rings (SSSR count). The van der Waals surface area contributed by atoms with Crippen molar-refractivity contribution in [2.24, 2.45) is 0 Å². The van der Waals surface area contributed by atoms with E-state index in [1.165, 1.54) is 6.20 Å². The average Bonchev–Trinajstić information content (AvgIpc) is 3.20. The van der Waals surface area contributed by atoms with E-state index in [1.807, 2.05) is 18.2 Å². The van der Waals surface area contributed by atoms with E-state index in [9.17, 15) is 14.7 Å². The monoisotopic (exact) mass is 403 g/mol. The number of anilines is 2. The lowest BCUT2D eigenvalue weighted by molar-refractivity contribution is 0.0765. The number of nitrogens with one attached hydrogen (secondary N) is 1. The number of likely N-dealkylation sites (tertiary alicyclic amines) is 1. The van der Waals surface area contributed by atoms with Gasteiger partial charge in [0, 0.05) is 29.9 Å². The first-order valence-corrected chi connectivity index (χ1v) is 9.58. The normalized spacial score (nSPS) is 15.8. The van der Waals surface area contributed by atoms with Crippen molar-refractivity contribution >= 4 is 23.3 Å². The van der Waals surface area contributed by atoms with Gasteiger partial charge in [-0.15, -0.1) is 0 Å². The second kappa shape index (κ2) is 8.30. The molecule has 1 aliphatic rings. The fourth-order valence-electron chi connectivity index (χ4n) is 3.31. The van der Waals surface area contributed by atoms with Crippen LogP contribution in [0.1, 0.15) is 27.3 Å². The quantitative estimate of drug-likeness (QED) is 0.614. The second-order valence-corrected chi connectivity index (χ2v) is 7.08. The molecule has 2 aromatic carbocycles. The van der Waals surface area contributed by atoms with E-state index < -0.39 is 12.0 Å². The molecule has 1 saturated heterocycles. The summed E-state index contributed by atoms with van der Waals surface area (Å²) in [5.41, 5.74) is 8.22. The minimum atomic E-state index is -0.460. The van der Waals surface area contributed by atoms with E-state index in [0.29, 0.717) is 42.0 Å². The highest BCUT2D eigenvalue weighted by atomic mass is 16.3. The van der Waals surface area contributed by atoms with E-state index in [0.717, 1.165) is 0 Å². The molecular weight excluding hydrogens is 382 g/mol. The second-order valence-electron chi connectivity index (χ2n) is 7.08. The summed E-state index contributed by atoms with van der Waals surface area (Å²) >= 11 is 0. The summed E-state index contributed by atoms with van der Waals surface area (Å²) in [5, 5.41) is 12.4. The maximum atomic E-state index is 12.6. The number of carbonyl (C=O) groups is 2. The molecule has 8 nitrogen and oxygen atoms in total. The van der Waals surface area contributed by atoms with Gasteiger partial charge in [0.2, 0.25) is 0 Å². The number of β-amino-alcohol motifs (C(OH)–C–C–N with tert-alkyl or cyclic N) is 1. The van der Waals surface area contributed by atoms with E-state index >= 15 is 0 Å². The summed E-state index contributed by atoms with van der Waals surface area (Å²) in [7, 11) is 0. The Morgan fingerprint density at radius 2 is 1.83 bits per heavy atom. The minimum Gasteiger partial charge on any atom is -0.391 e. The highest BCUT2D eigenvalue weighted by molar-refractivity contribution is 6.06. The van der Waals surface area contributed by atoms with Crippen molar-refractivity contribution < 1.29 is 14.7 Å². The molecule has 2 amide bonds. The molecule has 0 bridgehead atoms. The molecule has 1 atom stereocenters. The van der Waals surface area contributed by atoms with Crippen LogP contribution >= 0.6 is 0 Å². The fraction of sp³-hybridized carbons (Fsp3) is 0.182. The molecule has 4 N–H and O–H groups in total. The lowest BCUT2D eigenvalue weighted by Crippen LogP contribution is -2.29. The molecule has 0 radical (unpaired) electrons. The predicted octanol–water partition coefficient (Wildman–Crippen LogP) is 2.18. The van der Waals surface area contributed by atoms with Gasteiger partial charge in [0.1, 0.15) is 0 Å². The molecule has 152 valence electrons. The number of aliphatic hydroxyl groups is 1. The van der Waals surface area contributed by atoms with E-state index in [1.54, 1.807) is 41.3 Å². The summed E-state index contributed by atoms with van der Waals surface area (Å²) in [6, 6.07) is 15.9. The van der Waals surface area contributed by atoms with Gasteiger partial charge in [-0.3, -0.25) is 9.59 Å². The van der Waals surface area contributed by atoms with E-state index in [4.69, 9.17) is 5.73 Å². The third-order valence-electron chi connectivity index (χ3n) is 4.93. The molecule has 1 aliphatic heterocycles. The Balaban J connectivity index is 1.53. The Labute approximate surface area is 173 Å². The summed E-state index contributed by atoms with van der Waals surface area (Å²) in [5.74, 6) is -0.538. The number of para-hydroxylation sites is 1. The number of amides is 2. The Hall–Kier alpha value is -3.78. The summed E-state index contributed by atoms with van der Waals surface area (Å²) in [4.78, 5) is 35.2. The van der Waals surface area contributed by atoms with Gasteiger partial charge in [-0.25, -0.2) is 9.97 Å². The average molecular weight is 403 g/mol. The number of aromatic nitrogens is 2. The van der Waals surface area contributed by atoms with Crippen molar-refractivity contribution in [3.63, 3.8) is 0 Å². The van der Waals surface area contributed by atoms with Crippen LogP contribution in [0.4, 0.5) is 11.5 Å². The first kappa shape index (κ1) is 19.5. The molecular formula is C22H21N5O3. The standard InChI is InChI=1S/C22H21N5O3/c23-20-19(21(29)25-16-4-2-1-3-5-16)26-18(12-24-20)14-6-8-15(9-7-14)22(30)27-11-10-17(28)13-27/h1-9,12,17,28H,10-11,13H2,(H2,23,24)(H,25,29). The highest BCUT2D eigenvalue weighted by Crippen LogP contribution is 2.21. The van der Waals surface area contributed by atoms with Crippen LogP contribution in [0.2, 0.25) is 0 Å². The van der Waals surface area contributed by atoms with Gasteiger partial charge in [-0.1, -0.05) is 30.3 Å². The van der Waals surface area contributed by atoms with E-state index in [-0.39, 0.29) is 17.4 Å². The number of nitrogens with zero attached hydrogens (tertiary/aromatic N) is 3. The number of carbonyl (C=O) groups excluding carboxylic acids is 2. The van der Waals surface area contributed by atoms with E-state index in [2.05, 4.69) is 15.3 Å². The van der Waals surface area contributed by atoms with Crippen LogP contribution in [0.15, 0.2) is 60.8 Å². The van der Waals surface area contributed by atoms with Crippen LogP contribution < -0.4 is 11.1 Å². The van der Waals surface area contributed by atoms with Gasteiger partial charge in [0.15, 0.2) is 11.5 Å². The molecule has 0 spiro atoms. The summed E-state index contributed by atoms with van der Waals surface area (Å²) in [6.07, 6.45) is 1.62. The molecule has 1 aromatic heterocycles. The maximum Gasteiger partial charge on any atom is 0.278 e. The third-order valence-corrected chi connectivity index (χ3v) is 4.93. The number of hydrogen-bond acceptors (Lipinski definition) is 6. The van der Waals surface area contributed by atoms with Crippen molar-refractivity contribution in [1.82, 2.24) is 14.9 Å².